The predicted octanol–water partition coefficient (Wildman–Crippen LogP) is 4.77. The SMILES string of the molecule is Cc1ccc(C)n1-c1cc(Cl)cc(C(F)(F)F)c1. The molecule has 1 nitrogen and oxygen atoms in total. The first-order chi connectivity index (χ1) is 8.29. The third-order valence-corrected chi connectivity index (χ3v) is 2.96. The minimum atomic E-state index is -4.39. The van der Waals surface area contributed by atoms with Crippen LogP contribution in [0.2, 0.25) is 5.02 Å². The van der Waals surface area contributed by atoms with Crippen LogP contribution in [0.4, 0.5) is 13.2 Å². The molecule has 0 saturated carbocycles. The number of hydrogen-bond donors (Lipinski definition) is 0. The molecule has 18 heavy (non-hydrogen) atoms. The highest BCUT2D eigenvalue weighted by molar-refractivity contribution is 6.30. The molecular formula is C13H11ClF3N. The largest absolute Gasteiger partial charge is 0.416 e. The predicted molar refractivity (Wildman–Crippen MR) is 65.3 cm³/mol. The van der Waals surface area contributed by atoms with Gasteiger partial charge in [-0.15, -0.1) is 0 Å². The topological polar surface area (TPSA) is 4.93 Å². The van der Waals surface area contributed by atoms with Crippen molar-refractivity contribution >= 4 is 11.6 Å². The van der Waals surface area contributed by atoms with Crippen molar-refractivity contribution in [3.8, 4) is 5.69 Å². The van der Waals surface area contributed by atoms with Crippen LogP contribution >= 0.6 is 11.6 Å². The molecule has 0 N–H and O–H groups in total. The molecule has 0 radical (unpaired) electrons. The van der Waals surface area contributed by atoms with E-state index in [2.05, 4.69) is 0 Å². The molecule has 0 unspecified atom stereocenters. The fourth-order valence-electron chi connectivity index (χ4n) is 1.94. The van der Waals surface area contributed by atoms with Crippen LogP contribution in [0.1, 0.15) is 17.0 Å². The Labute approximate surface area is 108 Å². The normalized spacial score (nSPS) is 11.9. The van der Waals surface area contributed by atoms with Crippen molar-refractivity contribution in [2.45, 2.75) is 20.0 Å². The fraction of sp³-hybridized carbons (Fsp3) is 0.231. The Balaban J connectivity index is 2.63. The zero-order chi connectivity index (χ0) is 13.5. The lowest BCUT2D eigenvalue weighted by Gasteiger charge is -2.13. The average molecular weight is 274 g/mol. The summed E-state index contributed by atoms with van der Waals surface area (Å²) in [6.45, 7) is 3.67. The van der Waals surface area contributed by atoms with Crippen LogP contribution in [-0.4, -0.2) is 4.57 Å². The zero-order valence-electron chi connectivity index (χ0n) is 9.85. The molecule has 0 spiro atoms. The van der Waals surface area contributed by atoms with Gasteiger partial charge in [0.25, 0.3) is 0 Å². The standard InChI is InChI=1S/C13H11ClF3N/c1-8-3-4-9(2)18(8)12-6-10(13(15,16)17)5-11(14)7-12/h3-7H,1-2H3. The minimum Gasteiger partial charge on any atom is -0.318 e. The molecule has 0 aliphatic rings. The molecule has 0 fully saturated rings. The first kappa shape index (κ1) is 13.0. The van der Waals surface area contributed by atoms with Gasteiger partial charge in [0.15, 0.2) is 0 Å². The van der Waals surface area contributed by atoms with E-state index in [1.807, 2.05) is 26.0 Å². The summed E-state index contributed by atoms with van der Waals surface area (Å²) in [6, 6.07) is 7.26. The molecule has 0 amide bonds. The molecule has 0 saturated heterocycles. The van der Waals surface area contributed by atoms with Crippen molar-refractivity contribution in [3.63, 3.8) is 0 Å². The quantitative estimate of drug-likeness (QED) is 0.705. The Morgan fingerprint density at radius 3 is 2.06 bits per heavy atom. The van der Waals surface area contributed by atoms with E-state index in [9.17, 15) is 13.2 Å². The van der Waals surface area contributed by atoms with Gasteiger partial charge >= 0.3 is 6.18 Å². The number of aromatic nitrogens is 1. The number of halogens is 4. The third-order valence-electron chi connectivity index (χ3n) is 2.74. The molecular weight excluding hydrogens is 263 g/mol. The molecule has 5 heteroatoms. The molecule has 1 heterocycles. The summed E-state index contributed by atoms with van der Waals surface area (Å²) in [4.78, 5) is 0. The van der Waals surface area contributed by atoms with Crippen molar-refractivity contribution < 1.29 is 13.2 Å². The molecule has 2 aromatic rings. The highest BCUT2D eigenvalue weighted by Gasteiger charge is 2.31. The highest BCUT2D eigenvalue weighted by atomic mass is 35.5. The molecule has 0 aliphatic carbocycles. The second kappa shape index (κ2) is 4.35. The van der Waals surface area contributed by atoms with Gasteiger partial charge in [0.05, 0.1) is 5.56 Å². The van der Waals surface area contributed by atoms with Crippen LogP contribution in [0, 0.1) is 13.8 Å². The Morgan fingerprint density at radius 1 is 1.00 bits per heavy atom. The van der Waals surface area contributed by atoms with Gasteiger partial charge < -0.3 is 4.57 Å². The first-order valence-electron chi connectivity index (χ1n) is 5.32. The van der Waals surface area contributed by atoms with Crippen LogP contribution in [0.25, 0.3) is 5.69 Å². The Bertz CT molecular complexity index is 565. The molecule has 0 bridgehead atoms. The van der Waals surface area contributed by atoms with Gasteiger partial charge in [-0.1, -0.05) is 11.6 Å². The maximum absolute atomic E-state index is 12.7. The summed E-state index contributed by atoms with van der Waals surface area (Å²) in [5.41, 5.74) is 1.41. The van der Waals surface area contributed by atoms with Crippen molar-refractivity contribution in [1.82, 2.24) is 4.57 Å². The van der Waals surface area contributed by atoms with E-state index in [0.29, 0.717) is 5.69 Å². The lowest BCUT2D eigenvalue weighted by atomic mass is 10.2. The van der Waals surface area contributed by atoms with Gasteiger partial charge in [0.1, 0.15) is 0 Å². The van der Waals surface area contributed by atoms with E-state index >= 15 is 0 Å². The summed E-state index contributed by atoms with van der Waals surface area (Å²) in [7, 11) is 0. The van der Waals surface area contributed by atoms with E-state index in [0.717, 1.165) is 23.5 Å². The number of alkyl halides is 3. The van der Waals surface area contributed by atoms with Crippen LogP contribution in [0.15, 0.2) is 30.3 Å². The monoisotopic (exact) mass is 273 g/mol. The van der Waals surface area contributed by atoms with Crippen LogP contribution in [0.5, 0.6) is 0 Å². The minimum absolute atomic E-state index is 0.0762. The highest BCUT2D eigenvalue weighted by Crippen LogP contribution is 2.33. The summed E-state index contributed by atoms with van der Waals surface area (Å²) in [6.07, 6.45) is -4.39. The number of hydrogen-bond acceptors (Lipinski definition) is 0. The van der Waals surface area contributed by atoms with Crippen molar-refractivity contribution in [2.24, 2.45) is 0 Å². The smallest absolute Gasteiger partial charge is 0.318 e. The van der Waals surface area contributed by atoms with Crippen molar-refractivity contribution in [3.05, 3.63) is 52.3 Å². The zero-order valence-corrected chi connectivity index (χ0v) is 10.6. The van der Waals surface area contributed by atoms with E-state index in [1.54, 1.807) is 4.57 Å². The summed E-state index contributed by atoms with van der Waals surface area (Å²) in [5.74, 6) is 0. The Hall–Kier alpha value is -1.42. The van der Waals surface area contributed by atoms with Gasteiger partial charge in [-0.25, -0.2) is 0 Å². The molecule has 0 aliphatic heterocycles. The first-order valence-corrected chi connectivity index (χ1v) is 5.70. The fourth-order valence-corrected chi connectivity index (χ4v) is 2.17. The van der Waals surface area contributed by atoms with E-state index in [-0.39, 0.29) is 5.02 Å². The van der Waals surface area contributed by atoms with Crippen molar-refractivity contribution in [1.29, 1.82) is 0 Å². The van der Waals surface area contributed by atoms with E-state index in [4.69, 9.17) is 11.6 Å². The van der Waals surface area contributed by atoms with Gasteiger partial charge in [0.2, 0.25) is 0 Å². The maximum Gasteiger partial charge on any atom is 0.416 e. The Kier molecular flexibility index (Phi) is 3.15. The molecule has 0 atom stereocenters. The summed E-state index contributed by atoms with van der Waals surface area (Å²) >= 11 is 5.76. The van der Waals surface area contributed by atoms with E-state index in [1.165, 1.54) is 6.07 Å². The number of benzene rings is 1. The van der Waals surface area contributed by atoms with Crippen LogP contribution in [0.3, 0.4) is 0 Å². The van der Waals surface area contributed by atoms with Crippen LogP contribution < -0.4 is 0 Å². The number of rotatable bonds is 1. The van der Waals surface area contributed by atoms with Crippen LogP contribution in [-0.2, 0) is 6.18 Å². The van der Waals surface area contributed by atoms with Crippen molar-refractivity contribution in [2.75, 3.05) is 0 Å². The lowest BCUT2D eigenvalue weighted by Crippen LogP contribution is -2.07. The average Bonchev–Trinajstić information content (AvgIpc) is 2.56. The van der Waals surface area contributed by atoms with Gasteiger partial charge in [-0.2, -0.15) is 13.2 Å². The van der Waals surface area contributed by atoms with Gasteiger partial charge in [-0.05, 0) is 44.2 Å². The number of aryl methyl sites for hydroxylation is 2. The lowest BCUT2D eigenvalue weighted by molar-refractivity contribution is -0.137. The third kappa shape index (κ3) is 2.38. The second-order valence-electron chi connectivity index (χ2n) is 4.15. The Morgan fingerprint density at radius 2 is 1.56 bits per heavy atom. The molecule has 1 aromatic heterocycles. The maximum atomic E-state index is 12.7. The van der Waals surface area contributed by atoms with E-state index < -0.39 is 11.7 Å². The summed E-state index contributed by atoms with van der Waals surface area (Å²) in [5, 5.41) is 0.0762. The second-order valence-corrected chi connectivity index (χ2v) is 4.58. The van der Waals surface area contributed by atoms with Gasteiger partial charge in [-0.3, -0.25) is 0 Å². The van der Waals surface area contributed by atoms with Gasteiger partial charge in [0, 0.05) is 22.1 Å². The molecule has 96 valence electrons. The molecule has 1 aromatic carbocycles. The molecule has 2 rings (SSSR count). The number of nitrogens with zero attached hydrogens (tertiary/aromatic N) is 1. The summed E-state index contributed by atoms with van der Waals surface area (Å²) < 4.78 is 39.9.